The van der Waals surface area contributed by atoms with Crippen molar-refractivity contribution in [1.29, 1.82) is 0 Å². The number of carbonyl (C=O) groups is 5. The van der Waals surface area contributed by atoms with Gasteiger partial charge < -0.3 is 49.0 Å². The van der Waals surface area contributed by atoms with Gasteiger partial charge in [0.25, 0.3) is 0 Å². The highest BCUT2D eigenvalue weighted by Gasteiger charge is 2.31. The second kappa shape index (κ2) is 16.7. The number of amides is 4. The molecule has 13 N–H and O–H groups in total. The third-order valence-electron chi connectivity index (χ3n) is 6.67. The number of rotatable bonds is 18. The van der Waals surface area contributed by atoms with Crippen LogP contribution in [0.5, 0.6) is 0 Å². The molecule has 0 aliphatic rings. The summed E-state index contributed by atoms with van der Waals surface area (Å²) in [4.78, 5) is 70.0. The first-order valence-corrected chi connectivity index (χ1v) is 14.1. The number of fused-ring (bicyclic) bond motifs is 1. The van der Waals surface area contributed by atoms with E-state index in [9.17, 15) is 29.1 Å². The molecule has 4 atom stereocenters. The van der Waals surface area contributed by atoms with Crippen LogP contribution in [0.1, 0.15) is 51.5 Å². The molecule has 0 bridgehead atoms. The number of carboxylic acids is 1. The number of aromatic amines is 1. The summed E-state index contributed by atoms with van der Waals surface area (Å²) in [5.74, 6) is -4.13. The fourth-order valence-electron chi connectivity index (χ4n) is 4.49. The van der Waals surface area contributed by atoms with Crippen molar-refractivity contribution in [2.24, 2.45) is 33.8 Å². The number of guanidine groups is 1. The van der Waals surface area contributed by atoms with E-state index in [-0.39, 0.29) is 44.1 Å². The lowest BCUT2D eigenvalue weighted by Crippen LogP contribution is -2.57. The molecule has 0 radical (unpaired) electrons. The lowest BCUT2D eigenvalue weighted by Gasteiger charge is -2.25. The zero-order valence-corrected chi connectivity index (χ0v) is 24.5. The minimum absolute atomic E-state index is 0.0429. The second-order valence-corrected chi connectivity index (χ2v) is 10.8. The molecular weight excluding hydrogens is 558 g/mol. The van der Waals surface area contributed by atoms with Gasteiger partial charge in [-0.2, -0.15) is 0 Å². The molecule has 0 saturated carbocycles. The van der Waals surface area contributed by atoms with E-state index < -0.39 is 53.8 Å². The number of benzene rings is 1. The molecular formula is C28H43N9O6. The molecule has 0 fully saturated rings. The molecule has 0 aliphatic heterocycles. The zero-order valence-electron chi connectivity index (χ0n) is 24.5. The highest BCUT2D eigenvalue weighted by atomic mass is 16.4. The number of primary amides is 1. The average molecular weight is 602 g/mol. The molecule has 2 rings (SSSR count). The van der Waals surface area contributed by atoms with E-state index in [1.807, 2.05) is 38.1 Å². The predicted molar refractivity (Wildman–Crippen MR) is 161 cm³/mol. The van der Waals surface area contributed by atoms with Crippen molar-refractivity contribution in [3.8, 4) is 0 Å². The van der Waals surface area contributed by atoms with Crippen LogP contribution in [0.25, 0.3) is 10.9 Å². The van der Waals surface area contributed by atoms with Crippen LogP contribution in [0.4, 0.5) is 0 Å². The Hall–Kier alpha value is -4.66. The number of aliphatic carboxylic acids is 1. The smallest absolute Gasteiger partial charge is 0.326 e. The highest BCUT2D eigenvalue weighted by Crippen LogP contribution is 2.19. The standard InChI is InChI=1S/C28H43N9O6/c1-15(2)12-18(29)24(39)35-20(8-5-11-33-28(31)32)25(40)36-21(9-10-23(30)38)26(41)37-22(27(42)43)13-16-14-34-19-7-4-3-6-17(16)19/h3-4,6-7,14-15,18,20-22,34H,5,8-13,29H2,1-2H3,(H2,30,38)(H,35,39)(H,36,40)(H,37,41)(H,42,43)(H4,31,32,33). The number of nitrogens with one attached hydrogen (secondary N) is 4. The van der Waals surface area contributed by atoms with Crippen LogP contribution < -0.4 is 38.9 Å². The van der Waals surface area contributed by atoms with Gasteiger partial charge in [0.05, 0.1) is 6.04 Å². The number of carbonyl (C=O) groups excluding carboxylic acids is 4. The Bertz CT molecular complexity index is 1300. The number of nitrogens with two attached hydrogens (primary N) is 4. The molecule has 1 heterocycles. The van der Waals surface area contributed by atoms with Gasteiger partial charge in [-0.1, -0.05) is 32.0 Å². The van der Waals surface area contributed by atoms with Crippen molar-refractivity contribution in [1.82, 2.24) is 20.9 Å². The van der Waals surface area contributed by atoms with Crippen LogP contribution in [0.2, 0.25) is 0 Å². The van der Waals surface area contributed by atoms with Crippen LogP contribution in [0.3, 0.4) is 0 Å². The summed E-state index contributed by atoms with van der Waals surface area (Å²) in [5.41, 5.74) is 23.5. The summed E-state index contributed by atoms with van der Waals surface area (Å²) in [6.07, 6.45) is 1.94. The minimum Gasteiger partial charge on any atom is -0.480 e. The van der Waals surface area contributed by atoms with Gasteiger partial charge in [0.15, 0.2) is 5.96 Å². The van der Waals surface area contributed by atoms with E-state index in [0.29, 0.717) is 18.4 Å². The largest absolute Gasteiger partial charge is 0.480 e. The van der Waals surface area contributed by atoms with Gasteiger partial charge in [-0.3, -0.25) is 24.2 Å². The van der Waals surface area contributed by atoms with Gasteiger partial charge >= 0.3 is 5.97 Å². The maximum absolute atomic E-state index is 13.4. The van der Waals surface area contributed by atoms with E-state index >= 15 is 0 Å². The Kier molecular flexibility index (Phi) is 13.4. The van der Waals surface area contributed by atoms with Crippen molar-refractivity contribution >= 4 is 46.5 Å². The number of H-pyrrole nitrogens is 1. The summed E-state index contributed by atoms with van der Waals surface area (Å²) in [5, 5.41) is 18.3. The van der Waals surface area contributed by atoms with Crippen molar-refractivity contribution < 1.29 is 29.1 Å². The van der Waals surface area contributed by atoms with E-state index in [0.717, 1.165) is 10.9 Å². The van der Waals surface area contributed by atoms with Crippen molar-refractivity contribution in [3.63, 3.8) is 0 Å². The minimum atomic E-state index is -1.34. The van der Waals surface area contributed by atoms with Gasteiger partial charge in [0.1, 0.15) is 18.1 Å². The first kappa shape index (κ1) is 34.5. The van der Waals surface area contributed by atoms with E-state index in [1.165, 1.54) is 0 Å². The first-order valence-electron chi connectivity index (χ1n) is 14.1. The average Bonchev–Trinajstić information content (AvgIpc) is 3.33. The first-order chi connectivity index (χ1) is 20.3. The Morgan fingerprint density at radius 3 is 2.12 bits per heavy atom. The number of carboxylic acid groups (broad SMARTS) is 1. The molecule has 0 aliphatic carbocycles. The number of aromatic nitrogens is 1. The molecule has 4 unspecified atom stereocenters. The van der Waals surface area contributed by atoms with Crippen LogP contribution in [-0.4, -0.2) is 76.4 Å². The lowest BCUT2D eigenvalue weighted by atomic mass is 10.0. The van der Waals surface area contributed by atoms with Crippen molar-refractivity contribution in [2.75, 3.05) is 6.54 Å². The Morgan fingerprint density at radius 1 is 0.907 bits per heavy atom. The maximum atomic E-state index is 13.4. The Labute approximate surface area is 249 Å². The molecule has 4 amide bonds. The molecule has 0 saturated heterocycles. The molecule has 2 aromatic rings. The SMILES string of the molecule is CC(C)CC(N)C(=O)NC(CCCN=C(N)N)C(=O)NC(CCC(N)=O)C(=O)NC(Cc1c[nH]c2ccccc12)C(=O)O. The topological polar surface area (TPSA) is 274 Å². The van der Waals surface area contributed by atoms with E-state index in [4.69, 9.17) is 22.9 Å². The van der Waals surface area contributed by atoms with Gasteiger partial charge in [-0.15, -0.1) is 0 Å². The number of para-hydroxylation sites is 1. The summed E-state index contributed by atoms with van der Waals surface area (Å²) >= 11 is 0. The molecule has 1 aromatic heterocycles. The molecule has 1 aromatic carbocycles. The number of hydrogen-bond donors (Lipinski definition) is 9. The van der Waals surface area contributed by atoms with Crippen LogP contribution in [0.15, 0.2) is 35.5 Å². The second-order valence-electron chi connectivity index (χ2n) is 10.8. The molecule has 0 spiro atoms. The highest BCUT2D eigenvalue weighted by molar-refractivity contribution is 5.94. The van der Waals surface area contributed by atoms with Crippen LogP contribution in [-0.2, 0) is 30.4 Å². The van der Waals surface area contributed by atoms with E-state index in [1.54, 1.807) is 6.20 Å². The van der Waals surface area contributed by atoms with Gasteiger partial charge in [0.2, 0.25) is 23.6 Å². The van der Waals surface area contributed by atoms with E-state index in [2.05, 4.69) is 25.9 Å². The zero-order chi connectivity index (χ0) is 32.1. The lowest BCUT2D eigenvalue weighted by molar-refractivity contribution is -0.142. The monoisotopic (exact) mass is 601 g/mol. The fourth-order valence-corrected chi connectivity index (χ4v) is 4.49. The van der Waals surface area contributed by atoms with Crippen LogP contribution in [0, 0.1) is 5.92 Å². The van der Waals surface area contributed by atoms with Crippen LogP contribution >= 0.6 is 0 Å². The Balaban J connectivity index is 2.22. The third-order valence-corrected chi connectivity index (χ3v) is 6.67. The molecule has 15 nitrogen and oxygen atoms in total. The number of nitrogens with zero attached hydrogens (tertiary/aromatic N) is 1. The molecule has 43 heavy (non-hydrogen) atoms. The predicted octanol–water partition coefficient (Wildman–Crippen LogP) is -1.06. The van der Waals surface area contributed by atoms with Crippen molar-refractivity contribution in [2.45, 2.75) is 76.5 Å². The number of hydrogen-bond acceptors (Lipinski definition) is 7. The Morgan fingerprint density at radius 2 is 1.51 bits per heavy atom. The maximum Gasteiger partial charge on any atom is 0.326 e. The summed E-state index contributed by atoms with van der Waals surface area (Å²) < 4.78 is 0. The van der Waals surface area contributed by atoms with Gasteiger partial charge in [-0.25, -0.2) is 4.79 Å². The molecule has 15 heteroatoms. The fraction of sp³-hybridized carbons (Fsp3) is 0.500. The van der Waals surface area contributed by atoms with Gasteiger partial charge in [-0.05, 0) is 43.2 Å². The van der Waals surface area contributed by atoms with Crippen molar-refractivity contribution in [3.05, 3.63) is 36.0 Å². The summed E-state index contributed by atoms with van der Waals surface area (Å²) in [6, 6.07) is 2.64. The normalized spacial score (nSPS) is 13.9. The summed E-state index contributed by atoms with van der Waals surface area (Å²) in [7, 11) is 0. The number of aliphatic imine (C=N–C) groups is 1. The molecule has 236 valence electrons. The summed E-state index contributed by atoms with van der Waals surface area (Å²) in [6.45, 7) is 3.98. The van der Waals surface area contributed by atoms with Gasteiger partial charge in [0, 0.05) is 36.5 Å². The quantitative estimate of drug-likeness (QED) is 0.0571. The third kappa shape index (κ3) is 11.6.